The van der Waals surface area contributed by atoms with Gasteiger partial charge in [-0.25, -0.2) is 4.63 Å². The van der Waals surface area contributed by atoms with Crippen LogP contribution in [-0.4, -0.2) is 35.4 Å². The molecule has 0 fully saturated rings. The molecule has 0 bridgehead atoms. The van der Waals surface area contributed by atoms with Crippen LogP contribution in [0, 0.1) is 0 Å². The topological polar surface area (TPSA) is 94.8 Å². The van der Waals surface area contributed by atoms with E-state index in [1.54, 1.807) is 18.1 Å². The highest BCUT2D eigenvalue weighted by molar-refractivity contribution is 7.99. The van der Waals surface area contributed by atoms with Crippen molar-refractivity contribution in [2.24, 2.45) is 0 Å². The number of esters is 1. The first-order valence-corrected chi connectivity index (χ1v) is 11.5. The Bertz CT molecular complexity index is 1350. The second-order valence-corrected chi connectivity index (χ2v) is 9.00. The first-order chi connectivity index (χ1) is 16.5. The molecule has 0 aliphatic carbocycles. The second-order valence-electron chi connectivity index (χ2n) is 7.82. The molecule has 3 aromatic carbocycles. The summed E-state index contributed by atoms with van der Waals surface area (Å²) in [6.45, 7) is 1.59. The van der Waals surface area contributed by atoms with Crippen LogP contribution < -0.4 is 9.64 Å². The molecule has 0 saturated carbocycles. The predicted molar refractivity (Wildman–Crippen MR) is 127 cm³/mol. The first-order valence-electron chi connectivity index (χ1n) is 10.6. The number of aromatic nitrogens is 2. The Balaban J connectivity index is 1.58. The maximum absolute atomic E-state index is 13.9. The fraction of sp³-hybridized carbons (Fsp3) is 0.200. The molecule has 5 rings (SSSR count). The lowest BCUT2D eigenvalue weighted by molar-refractivity contribution is -0.152. The minimum atomic E-state index is -1.01. The third-order valence-corrected chi connectivity index (χ3v) is 6.96. The Morgan fingerprint density at radius 1 is 1.06 bits per heavy atom. The number of thioether (sulfide) groups is 1. The van der Waals surface area contributed by atoms with Gasteiger partial charge in [0, 0.05) is 11.8 Å². The van der Waals surface area contributed by atoms with Gasteiger partial charge in [0.1, 0.15) is 16.8 Å². The van der Waals surface area contributed by atoms with Crippen molar-refractivity contribution >= 4 is 40.4 Å². The molecule has 34 heavy (non-hydrogen) atoms. The highest BCUT2D eigenvalue weighted by Crippen LogP contribution is 2.47. The summed E-state index contributed by atoms with van der Waals surface area (Å²) in [5.74, 6) is -0.109. The van der Waals surface area contributed by atoms with E-state index in [4.69, 9.17) is 14.1 Å². The quantitative estimate of drug-likeness (QED) is 0.388. The summed E-state index contributed by atoms with van der Waals surface area (Å²) in [6.07, 6.45) is -1.01. The van der Waals surface area contributed by atoms with Gasteiger partial charge < -0.3 is 14.4 Å². The molecule has 0 saturated heterocycles. The van der Waals surface area contributed by atoms with Gasteiger partial charge in [-0.05, 0) is 57.8 Å². The SMILES string of the molecule is COc1ccc(C2Sc3ccccc3N(Cc3ccc4nonc4c3)C(=O)C2OC(C)=O)cc1. The monoisotopic (exact) mass is 475 g/mol. The van der Waals surface area contributed by atoms with Gasteiger partial charge in [0.2, 0.25) is 0 Å². The van der Waals surface area contributed by atoms with Crippen LogP contribution in [0.4, 0.5) is 5.69 Å². The molecule has 0 radical (unpaired) electrons. The molecule has 8 nitrogen and oxygen atoms in total. The van der Waals surface area contributed by atoms with E-state index >= 15 is 0 Å². The Labute approximate surface area is 199 Å². The molecule has 1 amide bonds. The summed E-state index contributed by atoms with van der Waals surface area (Å²) >= 11 is 1.50. The average Bonchev–Trinajstić information content (AvgIpc) is 3.29. The molecule has 0 N–H and O–H groups in total. The smallest absolute Gasteiger partial charge is 0.303 e. The van der Waals surface area contributed by atoms with Crippen LogP contribution in [0.2, 0.25) is 0 Å². The van der Waals surface area contributed by atoms with Gasteiger partial charge in [0.05, 0.1) is 24.6 Å². The number of nitrogens with zero attached hydrogens (tertiary/aromatic N) is 3. The third kappa shape index (κ3) is 4.22. The van der Waals surface area contributed by atoms with Crippen molar-refractivity contribution < 1.29 is 23.7 Å². The third-order valence-electron chi connectivity index (χ3n) is 5.59. The molecule has 1 aliphatic heterocycles. The van der Waals surface area contributed by atoms with E-state index in [1.165, 1.54) is 18.7 Å². The standard InChI is InChI=1S/C25H21N3O5S/c1-15(29)32-23-24(17-8-10-18(31-2)11-9-17)34-22-6-4-3-5-21(22)28(25(23)30)14-16-7-12-19-20(13-16)27-33-26-19/h3-13,23-24H,14H2,1-2H3. The van der Waals surface area contributed by atoms with Gasteiger partial charge in [-0.15, -0.1) is 11.8 Å². The van der Waals surface area contributed by atoms with Crippen LogP contribution >= 0.6 is 11.8 Å². The van der Waals surface area contributed by atoms with Crippen LogP contribution in [0.15, 0.2) is 76.3 Å². The van der Waals surface area contributed by atoms with Gasteiger partial charge in [0.25, 0.3) is 5.91 Å². The maximum atomic E-state index is 13.9. The van der Waals surface area contributed by atoms with Gasteiger partial charge in [-0.1, -0.05) is 30.3 Å². The summed E-state index contributed by atoms with van der Waals surface area (Å²) in [5, 5.41) is 7.30. The van der Waals surface area contributed by atoms with E-state index in [9.17, 15) is 9.59 Å². The molecule has 4 aromatic rings. The Hall–Kier alpha value is -3.85. The van der Waals surface area contributed by atoms with E-state index in [-0.39, 0.29) is 12.5 Å². The summed E-state index contributed by atoms with van der Waals surface area (Å²) < 4.78 is 15.7. The number of carbonyl (C=O) groups excluding carboxylic acids is 2. The van der Waals surface area contributed by atoms with Gasteiger partial charge >= 0.3 is 5.97 Å². The maximum Gasteiger partial charge on any atom is 0.303 e. The number of amides is 1. The molecule has 0 spiro atoms. The van der Waals surface area contributed by atoms with Crippen molar-refractivity contribution in [3.8, 4) is 5.75 Å². The van der Waals surface area contributed by atoms with E-state index in [2.05, 4.69) is 10.3 Å². The lowest BCUT2D eigenvalue weighted by Crippen LogP contribution is -2.42. The minimum absolute atomic E-state index is 0.270. The number of para-hydroxylation sites is 1. The molecule has 1 aliphatic rings. The van der Waals surface area contributed by atoms with Gasteiger partial charge in [-0.2, -0.15) is 0 Å². The molecular formula is C25H21N3O5S. The number of methoxy groups -OCH3 is 1. The van der Waals surface area contributed by atoms with Crippen LogP contribution in [0.1, 0.15) is 23.3 Å². The van der Waals surface area contributed by atoms with E-state index in [1.807, 2.05) is 60.7 Å². The predicted octanol–water partition coefficient (Wildman–Crippen LogP) is 4.54. The molecule has 9 heteroatoms. The number of hydrogen-bond acceptors (Lipinski definition) is 8. The van der Waals surface area contributed by atoms with Crippen LogP contribution in [0.25, 0.3) is 11.0 Å². The highest BCUT2D eigenvalue weighted by atomic mass is 32.2. The van der Waals surface area contributed by atoms with Gasteiger partial charge in [0.15, 0.2) is 6.10 Å². The number of fused-ring (bicyclic) bond motifs is 2. The number of rotatable bonds is 5. The number of ether oxygens (including phenoxy) is 2. The largest absolute Gasteiger partial charge is 0.497 e. The molecule has 2 atom stereocenters. The summed E-state index contributed by atoms with van der Waals surface area (Å²) in [4.78, 5) is 28.6. The lowest BCUT2D eigenvalue weighted by Gasteiger charge is -2.27. The summed E-state index contributed by atoms with van der Waals surface area (Å²) in [5.41, 5.74) is 3.70. The average molecular weight is 476 g/mol. The highest BCUT2D eigenvalue weighted by Gasteiger charge is 2.40. The zero-order valence-corrected chi connectivity index (χ0v) is 19.3. The van der Waals surface area contributed by atoms with Crippen LogP contribution in [0.5, 0.6) is 5.75 Å². The molecule has 1 aromatic heterocycles. The normalized spacial score (nSPS) is 17.8. The van der Waals surface area contributed by atoms with Crippen molar-refractivity contribution in [2.75, 3.05) is 12.0 Å². The van der Waals surface area contributed by atoms with E-state index in [0.717, 1.165) is 21.7 Å². The van der Waals surface area contributed by atoms with Crippen molar-refractivity contribution in [2.45, 2.75) is 29.7 Å². The fourth-order valence-corrected chi connectivity index (χ4v) is 5.30. The fourth-order valence-electron chi connectivity index (χ4n) is 3.98. The zero-order valence-electron chi connectivity index (χ0n) is 18.5. The number of benzene rings is 3. The number of anilines is 1. The molecule has 172 valence electrons. The van der Waals surface area contributed by atoms with Crippen molar-refractivity contribution in [1.82, 2.24) is 10.3 Å². The second kappa shape index (κ2) is 9.18. The molecule has 2 heterocycles. The van der Waals surface area contributed by atoms with Crippen LogP contribution in [0.3, 0.4) is 0 Å². The lowest BCUT2D eigenvalue weighted by atomic mass is 10.0. The van der Waals surface area contributed by atoms with Crippen molar-refractivity contribution in [3.05, 3.63) is 77.9 Å². The van der Waals surface area contributed by atoms with Crippen molar-refractivity contribution in [3.63, 3.8) is 0 Å². The Kier molecular flexibility index (Phi) is 5.93. The van der Waals surface area contributed by atoms with E-state index < -0.39 is 17.3 Å². The van der Waals surface area contributed by atoms with Crippen molar-refractivity contribution in [1.29, 1.82) is 0 Å². The van der Waals surface area contributed by atoms with E-state index in [0.29, 0.717) is 16.8 Å². The van der Waals surface area contributed by atoms with Gasteiger partial charge in [-0.3, -0.25) is 9.59 Å². The number of hydrogen-bond donors (Lipinski definition) is 0. The summed E-state index contributed by atoms with van der Waals surface area (Å²) in [7, 11) is 1.60. The van der Waals surface area contributed by atoms with Crippen LogP contribution in [-0.2, 0) is 20.9 Å². The number of carbonyl (C=O) groups is 2. The zero-order chi connectivity index (χ0) is 23.7. The minimum Gasteiger partial charge on any atom is -0.497 e. The Morgan fingerprint density at radius 3 is 2.59 bits per heavy atom. The molecular weight excluding hydrogens is 454 g/mol. The molecule has 2 unspecified atom stereocenters. The first kappa shape index (κ1) is 22.0. The summed E-state index contributed by atoms with van der Waals surface area (Å²) in [6, 6.07) is 20.7. The Morgan fingerprint density at radius 2 is 1.82 bits per heavy atom.